The van der Waals surface area contributed by atoms with Crippen LogP contribution in [-0.2, 0) is 10.1 Å². The van der Waals surface area contributed by atoms with Crippen molar-refractivity contribution < 1.29 is 84.5 Å². The molecule has 164 valence electrons. The van der Waals surface area contributed by atoms with Gasteiger partial charge in [0.25, 0.3) is 0 Å². The van der Waals surface area contributed by atoms with E-state index in [2.05, 4.69) is 0 Å². The first kappa shape index (κ1) is 29.9. The molecule has 0 spiro atoms. The van der Waals surface area contributed by atoms with E-state index in [1.54, 1.807) is 0 Å². The molecule has 0 aromatic heterocycles. The number of alkyl halides is 12. The topological polar surface area (TPSA) is 57.2 Å². The van der Waals surface area contributed by atoms with E-state index in [4.69, 9.17) is 0 Å². The van der Waals surface area contributed by atoms with Gasteiger partial charge in [-0.1, -0.05) is 12.8 Å². The summed E-state index contributed by atoms with van der Waals surface area (Å²) in [4.78, 5) is 0. The second-order valence-electron chi connectivity index (χ2n) is 5.42. The van der Waals surface area contributed by atoms with Gasteiger partial charge in [-0.2, -0.15) is 48.3 Å². The van der Waals surface area contributed by atoms with Crippen molar-refractivity contribution in [1.29, 1.82) is 0 Å². The van der Waals surface area contributed by atoms with Crippen molar-refractivity contribution in [2.75, 3.05) is 0 Å². The Morgan fingerprint density at radius 2 is 1.18 bits per heavy atom. The minimum absolute atomic E-state index is 0. The number of hydrogen-bond donors (Lipinski definition) is 0. The molecule has 0 aliphatic carbocycles. The molecule has 0 bridgehead atoms. The average molecular weight is 458 g/mol. The van der Waals surface area contributed by atoms with Gasteiger partial charge in [-0.15, -0.1) is 0 Å². The molecule has 17 heteroatoms. The molecule has 0 saturated heterocycles. The maximum atomic E-state index is 13.3. The van der Waals surface area contributed by atoms with Crippen molar-refractivity contribution in [2.45, 2.75) is 67.5 Å². The minimum atomic E-state index is -7.54. The van der Waals surface area contributed by atoms with Gasteiger partial charge < -0.3 is 4.55 Å². The predicted octanol–water partition coefficient (Wildman–Crippen LogP) is 1.89. The van der Waals surface area contributed by atoms with Crippen LogP contribution in [0.5, 0.6) is 0 Å². The largest absolute Gasteiger partial charge is 1.00 e. The SMILES string of the molecule is O=S(=O)([O-])C(F)(F)C(F)(F)C(F)(F)C(F)(F)C(F)CCCCCC(F)(F)F.[Li+]. The Morgan fingerprint density at radius 3 is 1.54 bits per heavy atom. The Morgan fingerprint density at radius 1 is 0.750 bits per heavy atom. The van der Waals surface area contributed by atoms with Gasteiger partial charge in [-0.3, -0.25) is 0 Å². The number of rotatable bonds is 10. The standard InChI is InChI=1S/C11H12F12O3S.Li/c12-6(4-2-1-3-5-7(13,14)15)8(16,17)9(18,19)10(20,21)11(22,23)27(24,25)26;/h6H,1-5H2,(H,24,25,26);/q;+1/p-1. The molecule has 28 heavy (non-hydrogen) atoms. The molecule has 1 atom stereocenters. The first-order valence-corrected chi connectivity index (χ1v) is 8.21. The quantitative estimate of drug-likeness (QED) is 0.218. The summed E-state index contributed by atoms with van der Waals surface area (Å²) in [6, 6.07) is 0. The fourth-order valence-corrected chi connectivity index (χ4v) is 2.19. The van der Waals surface area contributed by atoms with Gasteiger partial charge >= 0.3 is 48.1 Å². The molecule has 0 aliphatic heterocycles. The minimum Gasteiger partial charge on any atom is -0.743 e. The van der Waals surface area contributed by atoms with Gasteiger partial charge in [-0.05, 0) is 12.8 Å². The monoisotopic (exact) mass is 458 g/mol. The van der Waals surface area contributed by atoms with Crippen LogP contribution in [0.3, 0.4) is 0 Å². The first-order valence-electron chi connectivity index (χ1n) is 6.80. The van der Waals surface area contributed by atoms with Crippen LogP contribution in [0.25, 0.3) is 0 Å². The molecule has 0 N–H and O–H groups in total. The Kier molecular flexibility index (Phi) is 9.83. The van der Waals surface area contributed by atoms with E-state index < -0.39 is 77.6 Å². The molecule has 0 aliphatic rings. The average Bonchev–Trinajstić information content (AvgIpc) is 2.43. The fourth-order valence-electron chi connectivity index (χ4n) is 1.75. The van der Waals surface area contributed by atoms with Gasteiger partial charge in [0.2, 0.25) is 0 Å². The van der Waals surface area contributed by atoms with E-state index in [0.717, 1.165) is 0 Å². The number of hydrogen-bond acceptors (Lipinski definition) is 3. The molecule has 0 fully saturated rings. The summed E-state index contributed by atoms with van der Waals surface area (Å²) in [5.41, 5.74) is 0. The van der Waals surface area contributed by atoms with Gasteiger partial charge in [-0.25, -0.2) is 12.8 Å². The number of halogens is 12. The summed E-state index contributed by atoms with van der Waals surface area (Å²) in [7, 11) is -7.54. The molecular weight excluding hydrogens is 447 g/mol. The fraction of sp³-hybridized carbons (Fsp3) is 1.00. The Balaban J connectivity index is 0. The van der Waals surface area contributed by atoms with Crippen molar-refractivity contribution in [3.05, 3.63) is 0 Å². The summed E-state index contributed by atoms with van der Waals surface area (Å²) in [6.07, 6.45) is -14.3. The summed E-state index contributed by atoms with van der Waals surface area (Å²) in [5.74, 6) is -21.4. The van der Waals surface area contributed by atoms with Gasteiger partial charge in [0, 0.05) is 6.42 Å². The van der Waals surface area contributed by atoms with Crippen LogP contribution in [0, 0.1) is 0 Å². The van der Waals surface area contributed by atoms with Gasteiger partial charge in [0.05, 0.1) is 0 Å². The Bertz CT molecular complexity index is 604. The molecule has 3 nitrogen and oxygen atoms in total. The maximum absolute atomic E-state index is 13.3. The van der Waals surface area contributed by atoms with Crippen LogP contribution in [0.2, 0.25) is 0 Å². The summed E-state index contributed by atoms with van der Waals surface area (Å²) in [5, 5.41) is -7.20. The maximum Gasteiger partial charge on any atom is 1.00 e. The summed E-state index contributed by atoms with van der Waals surface area (Å²) >= 11 is 0. The zero-order valence-electron chi connectivity index (χ0n) is 13.8. The molecule has 0 rings (SSSR count). The third-order valence-corrected chi connectivity index (χ3v) is 4.19. The Labute approximate surface area is 162 Å². The van der Waals surface area contributed by atoms with E-state index in [9.17, 15) is 65.7 Å². The molecule has 0 aromatic carbocycles. The van der Waals surface area contributed by atoms with Gasteiger partial charge in [0.15, 0.2) is 16.3 Å². The van der Waals surface area contributed by atoms with E-state index in [-0.39, 0.29) is 18.9 Å². The van der Waals surface area contributed by atoms with Crippen LogP contribution < -0.4 is 18.9 Å². The first-order chi connectivity index (χ1) is 11.6. The van der Waals surface area contributed by atoms with E-state index in [1.807, 2.05) is 0 Å². The van der Waals surface area contributed by atoms with Crippen LogP contribution in [0.1, 0.15) is 32.1 Å². The summed E-state index contributed by atoms with van der Waals surface area (Å²) < 4.78 is 183. The van der Waals surface area contributed by atoms with Crippen LogP contribution in [-0.4, -0.2) is 48.3 Å². The van der Waals surface area contributed by atoms with Crippen LogP contribution in [0.15, 0.2) is 0 Å². The Hall–Kier alpha value is -0.333. The molecular formula is C11H11F12LiO3S. The smallest absolute Gasteiger partial charge is 0.743 e. The number of unbranched alkanes of at least 4 members (excludes halogenated alkanes) is 2. The summed E-state index contributed by atoms with van der Waals surface area (Å²) in [6.45, 7) is 0. The van der Waals surface area contributed by atoms with Crippen molar-refractivity contribution >= 4 is 10.1 Å². The van der Waals surface area contributed by atoms with Gasteiger partial charge in [0.1, 0.15) is 0 Å². The second kappa shape index (κ2) is 9.21. The third-order valence-electron chi connectivity index (χ3n) is 3.30. The molecule has 0 radical (unpaired) electrons. The second-order valence-corrected chi connectivity index (χ2v) is 6.85. The molecule has 0 amide bonds. The molecule has 0 heterocycles. The van der Waals surface area contributed by atoms with Crippen LogP contribution in [0.4, 0.5) is 52.7 Å². The zero-order valence-corrected chi connectivity index (χ0v) is 14.6. The normalized spacial score (nSPS) is 15.9. The van der Waals surface area contributed by atoms with Crippen molar-refractivity contribution in [1.82, 2.24) is 0 Å². The third kappa shape index (κ3) is 6.08. The van der Waals surface area contributed by atoms with Crippen molar-refractivity contribution in [3.63, 3.8) is 0 Å². The zero-order chi connectivity index (χ0) is 22.1. The van der Waals surface area contributed by atoms with Crippen LogP contribution >= 0.6 is 0 Å². The van der Waals surface area contributed by atoms with Crippen molar-refractivity contribution in [2.24, 2.45) is 0 Å². The molecule has 1 unspecified atom stereocenters. The van der Waals surface area contributed by atoms with Crippen molar-refractivity contribution in [3.8, 4) is 0 Å². The van der Waals surface area contributed by atoms with E-state index >= 15 is 0 Å². The predicted molar refractivity (Wildman–Crippen MR) is 63.5 cm³/mol. The van der Waals surface area contributed by atoms with E-state index in [0.29, 0.717) is 0 Å². The van der Waals surface area contributed by atoms with E-state index in [1.165, 1.54) is 0 Å². The molecule has 0 saturated carbocycles. The molecule has 0 aromatic rings.